The Morgan fingerprint density at radius 2 is 1.48 bits per heavy atom. The highest BCUT2D eigenvalue weighted by Crippen LogP contribution is 1.98. The minimum Gasteiger partial charge on any atom is -0.480 e. The molecule has 0 aromatic heterocycles. The van der Waals surface area contributed by atoms with Gasteiger partial charge in [-0.3, -0.25) is 13.9 Å². The zero-order chi connectivity index (χ0) is 17.1. The third kappa shape index (κ3) is 22.0. The predicted octanol–water partition coefficient (Wildman–Crippen LogP) is -0.306. The summed E-state index contributed by atoms with van der Waals surface area (Å²) in [5.41, 5.74) is 5.19. The number of nitrogens with two attached hydrogens (primary N) is 1. The van der Waals surface area contributed by atoms with Gasteiger partial charge in [-0.05, 0) is 31.3 Å². The van der Waals surface area contributed by atoms with Crippen molar-refractivity contribution in [2.24, 2.45) is 5.73 Å². The van der Waals surface area contributed by atoms with Gasteiger partial charge >= 0.3 is 5.97 Å². The molecule has 0 aromatic rings. The zero-order valence-electron chi connectivity index (χ0n) is 11.5. The van der Waals surface area contributed by atoms with Crippen LogP contribution in [0.3, 0.4) is 0 Å². The zero-order valence-corrected chi connectivity index (χ0v) is 14.0. The van der Waals surface area contributed by atoms with Crippen LogP contribution in [0.1, 0.15) is 19.3 Å². The van der Waals surface area contributed by atoms with E-state index in [4.69, 9.17) is 19.9 Å². The molecular formula is C9H21NO8S3. The fraction of sp³-hybridized carbons (Fsp3) is 0.889. The smallest absolute Gasteiger partial charge is 0.320 e. The fourth-order valence-electron chi connectivity index (χ4n) is 0.937. The second kappa shape index (κ2) is 11.2. The molecule has 0 radical (unpaired) electrons. The van der Waals surface area contributed by atoms with Crippen molar-refractivity contribution in [2.45, 2.75) is 25.3 Å². The molecule has 0 fully saturated rings. The van der Waals surface area contributed by atoms with Crippen molar-refractivity contribution in [3.05, 3.63) is 0 Å². The number of carboxylic acids is 1. The van der Waals surface area contributed by atoms with Gasteiger partial charge in [0.25, 0.3) is 20.2 Å². The highest BCUT2D eigenvalue weighted by atomic mass is 32.2. The van der Waals surface area contributed by atoms with Crippen molar-refractivity contribution in [2.75, 3.05) is 23.5 Å². The van der Waals surface area contributed by atoms with E-state index >= 15 is 0 Å². The maximum absolute atomic E-state index is 10.1. The van der Waals surface area contributed by atoms with Gasteiger partial charge in [0.15, 0.2) is 0 Å². The molecule has 0 aliphatic rings. The Morgan fingerprint density at radius 3 is 1.71 bits per heavy atom. The molecule has 12 heteroatoms. The van der Waals surface area contributed by atoms with Gasteiger partial charge in [0.2, 0.25) is 0 Å². The quantitative estimate of drug-likeness (QED) is 0.313. The summed E-state index contributed by atoms with van der Waals surface area (Å²) in [4.78, 5) is 10.1. The van der Waals surface area contributed by atoms with Crippen molar-refractivity contribution in [3.63, 3.8) is 0 Å². The predicted molar refractivity (Wildman–Crippen MR) is 80.7 cm³/mol. The Labute approximate surface area is 128 Å². The summed E-state index contributed by atoms with van der Waals surface area (Å²) in [5, 5.41) is 8.27. The maximum atomic E-state index is 10.1. The minimum atomic E-state index is -4.02. The lowest BCUT2D eigenvalue weighted by atomic mass is 10.2. The highest BCUT2D eigenvalue weighted by Gasteiger charge is 2.09. The molecule has 21 heavy (non-hydrogen) atoms. The normalized spacial score (nSPS) is 13.1. The molecule has 0 aromatic carbocycles. The Kier molecular flexibility index (Phi) is 12.2. The average molecular weight is 367 g/mol. The van der Waals surface area contributed by atoms with E-state index in [-0.39, 0.29) is 12.8 Å². The molecule has 0 saturated heterocycles. The summed E-state index contributed by atoms with van der Waals surface area (Å²) in [6.07, 6.45) is 2.50. The molecule has 5 N–H and O–H groups in total. The van der Waals surface area contributed by atoms with Crippen LogP contribution in [0.4, 0.5) is 0 Å². The van der Waals surface area contributed by atoms with Crippen molar-refractivity contribution in [1.29, 1.82) is 0 Å². The monoisotopic (exact) mass is 367 g/mol. The lowest BCUT2D eigenvalue weighted by Crippen LogP contribution is -2.30. The molecule has 0 heterocycles. The van der Waals surface area contributed by atoms with Crippen LogP contribution in [0.2, 0.25) is 0 Å². The lowest BCUT2D eigenvalue weighted by Gasteiger charge is -2.02. The van der Waals surface area contributed by atoms with E-state index in [0.717, 1.165) is 5.75 Å². The van der Waals surface area contributed by atoms with Crippen LogP contribution in [0.25, 0.3) is 0 Å². The van der Waals surface area contributed by atoms with Crippen LogP contribution in [0.5, 0.6) is 0 Å². The Hall–Kier alpha value is -0.400. The number of rotatable bonds is 9. The average Bonchev–Trinajstić information content (AvgIpc) is 2.30. The first kappa shape index (κ1) is 22.9. The van der Waals surface area contributed by atoms with Gasteiger partial charge in [-0.25, -0.2) is 0 Å². The minimum absolute atomic E-state index is 0.0125. The van der Waals surface area contributed by atoms with Gasteiger partial charge in [0.1, 0.15) is 6.04 Å². The Morgan fingerprint density at radius 1 is 1.10 bits per heavy atom. The van der Waals surface area contributed by atoms with Gasteiger partial charge in [0, 0.05) is 0 Å². The molecule has 9 nitrogen and oxygen atoms in total. The molecule has 1 atom stereocenters. The van der Waals surface area contributed by atoms with Crippen molar-refractivity contribution in [1.82, 2.24) is 0 Å². The topological polar surface area (TPSA) is 172 Å². The molecule has 0 aliphatic carbocycles. The third-order valence-electron chi connectivity index (χ3n) is 2.00. The second-order valence-electron chi connectivity index (χ2n) is 4.01. The first-order chi connectivity index (χ1) is 9.39. The maximum Gasteiger partial charge on any atom is 0.320 e. The number of carboxylic acid groups (broad SMARTS) is 1. The summed E-state index contributed by atoms with van der Waals surface area (Å²) < 4.78 is 56.8. The molecule has 0 amide bonds. The summed E-state index contributed by atoms with van der Waals surface area (Å²) >= 11 is 1.60. The van der Waals surface area contributed by atoms with Gasteiger partial charge in [0.05, 0.1) is 11.5 Å². The van der Waals surface area contributed by atoms with E-state index in [1.54, 1.807) is 11.8 Å². The number of hydrogen-bond acceptors (Lipinski definition) is 7. The van der Waals surface area contributed by atoms with Crippen molar-refractivity contribution >= 4 is 38.0 Å². The van der Waals surface area contributed by atoms with Crippen LogP contribution < -0.4 is 5.73 Å². The molecule has 1 unspecified atom stereocenters. The van der Waals surface area contributed by atoms with Crippen molar-refractivity contribution in [3.8, 4) is 0 Å². The number of carbonyl (C=O) groups is 1. The van der Waals surface area contributed by atoms with E-state index in [9.17, 15) is 21.6 Å². The van der Waals surface area contributed by atoms with Crippen LogP contribution in [-0.4, -0.2) is 66.6 Å². The van der Waals surface area contributed by atoms with Crippen molar-refractivity contribution < 1.29 is 35.8 Å². The molecule has 0 aliphatic heterocycles. The number of thioether (sulfide) groups is 1. The van der Waals surface area contributed by atoms with Gasteiger partial charge < -0.3 is 10.8 Å². The fourth-order valence-corrected chi connectivity index (χ4v) is 2.56. The molecule has 0 rings (SSSR count). The van der Waals surface area contributed by atoms with E-state index in [0.29, 0.717) is 6.42 Å². The summed E-state index contributed by atoms with van der Waals surface area (Å²) in [6.45, 7) is 0. The summed E-state index contributed by atoms with van der Waals surface area (Å²) in [5.74, 6) is -1.07. The van der Waals surface area contributed by atoms with Gasteiger partial charge in [-0.1, -0.05) is 0 Å². The Balaban J connectivity index is 0. The van der Waals surface area contributed by atoms with Gasteiger partial charge in [-0.15, -0.1) is 0 Å². The lowest BCUT2D eigenvalue weighted by molar-refractivity contribution is -0.138. The third-order valence-corrected chi connectivity index (χ3v) is 4.26. The molecular weight excluding hydrogens is 346 g/mol. The number of hydrogen-bond donors (Lipinski definition) is 4. The van der Waals surface area contributed by atoms with Crippen LogP contribution in [-0.2, 0) is 25.0 Å². The van der Waals surface area contributed by atoms with Gasteiger partial charge in [-0.2, -0.15) is 28.6 Å². The Bertz CT molecular complexity index is 453. The van der Waals surface area contributed by atoms with E-state index < -0.39 is 43.8 Å². The number of unbranched alkanes of at least 4 members (excludes halogenated alkanes) is 1. The molecule has 0 bridgehead atoms. The van der Waals surface area contributed by atoms with Crippen LogP contribution in [0, 0.1) is 0 Å². The molecule has 0 spiro atoms. The van der Waals surface area contributed by atoms with E-state index in [1.165, 1.54) is 0 Å². The summed E-state index contributed by atoms with van der Waals surface area (Å²) in [7, 11) is -8.04. The second-order valence-corrected chi connectivity index (χ2v) is 8.14. The van der Waals surface area contributed by atoms with Crippen LogP contribution in [0.15, 0.2) is 0 Å². The summed E-state index contributed by atoms with van der Waals surface area (Å²) in [6, 6.07) is -0.683. The SMILES string of the molecule is CSCCC(N)C(=O)O.O=S(=O)(O)CCCCS(=O)(=O)O. The molecule has 0 saturated carbocycles. The standard InChI is InChI=1S/C5H11NO2S.C4H10O6S2/c1-9-3-2-4(6)5(7)8;5-11(6,7)3-1-2-4-12(8,9)10/h4H,2-3,6H2,1H3,(H,7,8);1-4H2,(H,5,6,7)(H,8,9,10). The highest BCUT2D eigenvalue weighted by molar-refractivity contribution is 7.98. The molecule has 128 valence electrons. The van der Waals surface area contributed by atoms with Crippen LogP contribution >= 0.6 is 11.8 Å². The first-order valence-corrected chi connectivity index (χ1v) is 10.4. The number of aliphatic carboxylic acids is 1. The van der Waals surface area contributed by atoms with E-state index in [2.05, 4.69) is 0 Å². The largest absolute Gasteiger partial charge is 0.480 e. The first-order valence-electron chi connectivity index (χ1n) is 5.76. The van der Waals surface area contributed by atoms with E-state index in [1.807, 2.05) is 6.26 Å².